The van der Waals surface area contributed by atoms with E-state index in [9.17, 15) is 0 Å². The SMILES string of the molecule is c1ccc(-c2nn3c(c2-c2cnc4ccccc4n2)CCC3)nc1. The van der Waals surface area contributed by atoms with Crippen molar-refractivity contribution in [2.75, 3.05) is 0 Å². The molecule has 4 aromatic rings. The standard InChI is InChI=1S/C19H15N5/c1-2-7-14-13(6-1)21-12-16(22-14)18-17-9-5-11-24(17)23-19(18)15-8-3-4-10-20-15/h1-4,6-8,10,12H,5,9,11H2. The second kappa shape index (κ2) is 5.23. The van der Waals surface area contributed by atoms with Crippen molar-refractivity contribution in [3.05, 3.63) is 60.6 Å². The van der Waals surface area contributed by atoms with Crippen LogP contribution in [0.4, 0.5) is 0 Å². The van der Waals surface area contributed by atoms with Gasteiger partial charge in [-0.05, 0) is 37.1 Å². The van der Waals surface area contributed by atoms with E-state index in [1.54, 1.807) is 6.20 Å². The van der Waals surface area contributed by atoms with Crippen molar-refractivity contribution in [2.24, 2.45) is 0 Å². The molecule has 4 heterocycles. The maximum absolute atomic E-state index is 4.84. The number of hydrogen-bond acceptors (Lipinski definition) is 4. The molecule has 0 saturated heterocycles. The van der Waals surface area contributed by atoms with Gasteiger partial charge in [0.15, 0.2) is 0 Å². The Hall–Kier alpha value is -3.08. The average molecular weight is 313 g/mol. The zero-order valence-corrected chi connectivity index (χ0v) is 13.1. The Kier molecular flexibility index (Phi) is 2.91. The molecule has 5 rings (SSSR count). The van der Waals surface area contributed by atoms with E-state index in [1.165, 1.54) is 5.69 Å². The highest BCUT2D eigenvalue weighted by molar-refractivity contribution is 5.83. The summed E-state index contributed by atoms with van der Waals surface area (Å²) in [6.45, 7) is 0.955. The minimum absolute atomic E-state index is 0.873. The second-order valence-electron chi connectivity index (χ2n) is 5.96. The van der Waals surface area contributed by atoms with E-state index in [0.29, 0.717) is 0 Å². The Morgan fingerprint density at radius 2 is 1.75 bits per heavy atom. The van der Waals surface area contributed by atoms with E-state index in [1.807, 2.05) is 48.7 Å². The van der Waals surface area contributed by atoms with Crippen LogP contribution in [0.1, 0.15) is 12.1 Å². The summed E-state index contributed by atoms with van der Waals surface area (Å²) in [5.74, 6) is 0. The largest absolute Gasteiger partial charge is 0.268 e. The molecule has 0 amide bonds. The van der Waals surface area contributed by atoms with Gasteiger partial charge in [-0.15, -0.1) is 0 Å². The first-order chi connectivity index (χ1) is 11.9. The van der Waals surface area contributed by atoms with E-state index in [-0.39, 0.29) is 0 Å². The Labute approximate surface area is 139 Å². The Morgan fingerprint density at radius 3 is 2.62 bits per heavy atom. The molecule has 0 unspecified atom stereocenters. The predicted molar refractivity (Wildman–Crippen MR) is 92.3 cm³/mol. The lowest BCUT2D eigenvalue weighted by Crippen LogP contribution is -1.94. The molecule has 0 bridgehead atoms. The third-order valence-corrected chi connectivity index (χ3v) is 4.45. The van der Waals surface area contributed by atoms with Crippen molar-refractivity contribution in [3.8, 4) is 22.6 Å². The van der Waals surface area contributed by atoms with Gasteiger partial charge in [0.05, 0.1) is 34.2 Å². The van der Waals surface area contributed by atoms with Crippen molar-refractivity contribution in [2.45, 2.75) is 19.4 Å². The number of nitrogens with zero attached hydrogens (tertiary/aromatic N) is 5. The summed E-state index contributed by atoms with van der Waals surface area (Å²) < 4.78 is 2.09. The highest BCUT2D eigenvalue weighted by Gasteiger charge is 2.25. The van der Waals surface area contributed by atoms with Crippen molar-refractivity contribution >= 4 is 11.0 Å². The van der Waals surface area contributed by atoms with E-state index in [2.05, 4.69) is 14.6 Å². The van der Waals surface area contributed by atoms with Crippen LogP contribution in [-0.4, -0.2) is 24.7 Å². The number of aryl methyl sites for hydroxylation is 1. The molecule has 5 nitrogen and oxygen atoms in total. The Balaban J connectivity index is 1.77. The van der Waals surface area contributed by atoms with E-state index in [4.69, 9.17) is 10.1 Å². The summed E-state index contributed by atoms with van der Waals surface area (Å²) in [5, 5.41) is 4.80. The summed E-state index contributed by atoms with van der Waals surface area (Å²) in [5.41, 5.74) is 6.77. The Bertz CT molecular complexity index is 1040. The van der Waals surface area contributed by atoms with Crippen molar-refractivity contribution < 1.29 is 0 Å². The van der Waals surface area contributed by atoms with E-state index >= 15 is 0 Å². The molecule has 0 saturated carbocycles. The molecule has 3 aromatic heterocycles. The molecule has 1 aliphatic heterocycles. The molecule has 0 radical (unpaired) electrons. The first-order valence-corrected chi connectivity index (χ1v) is 8.13. The lowest BCUT2D eigenvalue weighted by molar-refractivity contribution is 0.658. The smallest absolute Gasteiger partial charge is 0.120 e. The molecule has 0 aliphatic carbocycles. The number of pyridine rings is 1. The number of para-hydroxylation sites is 2. The van der Waals surface area contributed by atoms with Gasteiger partial charge in [0.1, 0.15) is 5.69 Å². The van der Waals surface area contributed by atoms with Gasteiger partial charge in [-0.25, -0.2) is 4.98 Å². The molecular formula is C19H15N5. The van der Waals surface area contributed by atoms with Crippen LogP contribution in [0.2, 0.25) is 0 Å². The number of fused-ring (bicyclic) bond motifs is 2. The molecule has 0 atom stereocenters. The summed E-state index contributed by atoms with van der Waals surface area (Å²) in [6.07, 6.45) is 5.79. The number of rotatable bonds is 2. The summed E-state index contributed by atoms with van der Waals surface area (Å²) >= 11 is 0. The fraction of sp³-hybridized carbons (Fsp3) is 0.158. The number of hydrogen-bond donors (Lipinski definition) is 0. The monoisotopic (exact) mass is 313 g/mol. The first kappa shape index (κ1) is 13.4. The molecule has 24 heavy (non-hydrogen) atoms. The van der Waals surface area contributed by atoms with Gasteiger partial charge in [-0.1, -0.05) is 18.2 Å². The first-order valence-electron chi connectivity index (χ1n) is 8.13. The van der Waals surface area contributed by atoms with Crippen LogP contribution < -0.4 is 0 Å². The maximum Gasteiger partial charge on any atom is 0.120 e. The molecule has 0 N–H and O–H groups in total. The van der Waals surface area contributed by atoms with Gasteiger partial charge < -0.3 is 0 Å². The van der Waals surface area contributed by atoms with Crippen LogP contribution in [-0.2, 0) is 13.0 Å². The van der Waals surface area contributed by atoms with Crippen LogP contribution in [0.15, 0.2) is 54.9 Å². The second-order valence-corrected chi connectivity index (χ2v) is 5.96. The van der Waals surface area contributed by atoms with E-state index in [0.717, 1.165) is 53.1 Å². The average Bonchev–Trinajstić information content (AvgIpc) is 3.23. The number of benzene rings is 1. The molecule has 0 spiro atoms. The van der Waals surface area contributed by atoms with Crippen molar-refractivity contribution in [3.63, 3.8) is 0 Å². The van der Waals surface area contributed by atoms with Gasteiger partial charge in [-0.3, -0.25) is 14.6 Å². The zero-order chi connectivity index (χ0) is 15.9. The fourth-order valence-corrected chi connectivity index (χ4v) is 3.36. The lowest BCUT2D eigenvalue weighted by Gasteiger charge is -2.05. The minimum atomic E-state index is 0.873. The fourth-order valence-electron chi connectivity index (χ4n) is 3.36. The topological polar surface area (TPSA) is 56.5 Å². The predicted octanol–water partition coefficient (Wildman–Crippen LogP) is 3.50. The van der Waals surface area contributed by atoms with E-state index < -0.39 is 0 Å². The van der Waals surface area contributed by atoms with Crippen LogP contribution >= 0.6 is 0 Å². The van der Waals surface area contributed by atoms with Crippen LogP contribution in [0.3, 0.4) is 0 Å². The zero-order valence-electron chi connectivity index (χ0n) is 13.1. The van der Waals surface area contributed by atoms with Crippen molar-refractivity contribution in [1.29, 1.82) is 0 Å². The van der Waals surface area contributed by atoms with Crippen LogP contribution in [0, 0.1) is 0 Å². The van der Waals surface area contributed by atoms with Crippen LogP contribution in [0.25, 0.3) is 33.7 Å². The van der Waals surface area contributed by atoms with Crippen molar-refractivity contribution in [1.82, 2.24) is 24.7 Å². The van der Waals surface area contributed by atoms with Gasteiger partial charge in [-0.2, -0.15) is 5.10 Å². The lowest BCUT2D eigenvalue weighted by atomic mass is 10.0. The third-order valence-electron chi connectivity index (χ3n) is 4.45. The normalized spacial score (nSPS) is 13.3. The van der Waals surface area contributed by atoms with Gasteiger partial charge >= 0.3 is 0 Å². The highest BCUT2D eigenvalue weighted by Crippen LogP contribution is 2.35. The molecule has 1 aromatic carbocycles. The maximum atomic E-state index is 4.84. The molecule has 5 heteroatoms. The molecule has 0 fully saturated rings. The minimum Gasteiger partial charge on any atom is -0.268 e. The summed E-state index contributed by atoms with van der Waals surface area (Å²) in [6, 6.07) is 13.8. The van der Waals surface area contributed by atoms with Gasteiger partial charge in [0, 0.05) is 18.4 Å². The molecule has 116 valence electrons. The summed E-state index contributed by atoms with van der Waals surface area (Å²) in [7, 11) is 0. The molecule has 1 aliphatic rings. The van der Waals surface area contributed by atoms with Gasteiger partial charge in [0.2, 0.25) is 0 Å². The van der Waals surface area contributed by atoms with Gasteiger partial charge in [0.25, 0.3) is 0 Å². The van der Waals surface area contributed by atoms with Crippen LogP contribution in [0.5, 0.6) is 0 Å². The Morgan fingerprint density at radius 1 is 0.875 bits per heavy atom. The third kappa shape index (κ3) is 2.01. The number of aromatic nitrogens is 5. The quantitative estimate of drug-likeness (QED) is 0.568. The molecular weight excluding hydrogens is 298 g/mol. The highest BCUT2D eigenvalue weighted by atomic mass is 15.3. The summed E-state index contributed by atoms with van der Waals surface area (Å²) in [4.78, 5) is 13.9.